The zero-order chi connectivity index (χ0) is 17.0. The van der Waals surface area contributed by atoms with Crippen LogP contribution in [-0.2, 0) is 11.2 Å². The molecule has 24 heavy (non-hydrogen) atoms. The Bertz CT molecular complexity index is 688. The molecule has 3 rings (SSSR count). The van der Waals surface area contributed by atoms with Gasteiger partial charge >= 0.3 is 0 Å². The Hall–Kier alpha value is -2.21. The SMILES string of the molecule is Cc1ccc(-c2nnc(CCC(=O)NCC3(O)CCCC3)o2)cc1. The highest BCUT2D eigenvalue weighted by Gasteiger charge is 2.31. The summed E-state index contributed by atoms with van der Waals surface area (Å²) in [5, 5.41) is 21.0. The molecule has 6 heteroatoms. The Morgan fingerprint density at radius 3 is 2.67 bits per heavy atom. The molecule has 0 atom stereocenters. The Kier molecular flexibility index (Phi) is 4.94. The third-order valence-electron chi connectivity index (χ3n) is 4.48. The molecule has 1 fully saturated rings. The molecule has 0 spiro atoms. The van der Waals surface area contributed by atoms with E-state index in [4.69, 9.17) is 4.42 Å². The first kappa shape index (κ1) is 16.6. The van der Waals surface area contributed by atoms with Crippen molar-refractivity contribution < 1.29 is 14.3 Å². The minimum Gasteiger partial charge on any atom is -0.421 e. The molecule has 2 aromatic rings. The number of aliphatic hydroxyl groups is 1. The summed E-state index contributed by atoms with van der Waals surface area (Å²) in [6.45, 7) is 2.34. The van der Waals surface area contributed by atoms with E-state index in [9.17, 15) is 9.90 Å². The van der Waals surface area contributed by atoms with E-state index in [2.05, 4.69) is 15.5 Å². The number of carbonyl (C=O) groups excluding carboxylic acids is 1. The van der Waals surface area contributed by atoms with Gasteiger partial charge in [-0.25, -0.2) is 0 Å². The van der Waals surface area contributed by atoms with Gasteiger partial charge in [-0.05, 0) is 31.9 Å². The van der Waals surface area contributed by atoms with E-state index in [1.807, 2.05) is 31.2 Å². The van der Waals surface area contributed by atoms with Gasteiger partial charge < -0.3 is 14.8 Å². The molecule has 1 saturated carbocycles. The van der Waals surface area contributed by atoms with Gasteiger partial charge in [0, 0.05) is 24.9 Å². The number of nitrogens with zero attached hydrogens (tertiary/aromatic N) is 2. The van der Waals surface area contributed by atoms with Crippen LogP contribution in [0.4, 0.5) is 0 Å². The van der Waals surface area contributed by atoms with Crippen molar-refractivity contribution in [3.05, 3.63) is 35.7 Å². The summed E-state index contributed by atoms with van der Waals surface area (Å²) in [6, 6.07) is 7.84. The summed E-state index contributed by atoms with van der Waals surface area (Å²) < 4.78 is 5.61. The Morgan fingerprint density at radius 1 is 1.25 bits per heavy atom. The molecule has 1 aliphatic carbocycles. The summed E-state index contributed by atoms with van der Waals surface area (Å²) in [5.41, 5.74) is 1.31. The van der Waals surface area contributed by atoms with Gasteiger partial charge in [0.2, 0.25) is 17.7 Å². The van der Waals surface area contributed by atoms with E-state index < -0.39 is 5.60 Å². The van der Waals surface area contributed by atoms with Crippen molar-refractivity contribution >= 4 is 5.91 Å². The largest absolute Gasteiger partial charge is 0.421 e. The summed E-state index contributed by atoms with van der Waals surface area (Å²) >= 11 is 0. The molecule has 1 amide bonds. The Labute approximate surface area is 141 Å². The Balaban J connectivity index is 1.48. The molecule has 1 aromatic carbocycles. The molecule has 6 nitrogen and oxygen atoms in total. The lowest BCUT2D eigenvalue weighted by Gasteiger charge is -2.22. The predicted molar refractivity (Wildman–Crippen MR) is 89.2 cm³/mol. The maximum absolute atomic E-state index is 11.9. The van der Waals surface area contributed by atoms with Crippen LogP contribution in [0.2, 0.25) is 0 Å². The van der Waals surface area contributed by atoms with Crippen molar-refractivity contribution in [2.45, 2.75) is 51.0 Å². The van der Waals surface area contributed by atoms with E-state index in [0.717, 1.165) is 31.2 Å². The van der Waals surface area contributed by atoms with Crippen LogP contribution >= 0.6 is 0 Å². The van der Waals surface area contributed by atoms with Crippen LogP contribution in [0.15, 0.2) is 28.7 Å². The highest BCUT2D eigenvalue weighted by Crippen LogP contribution is 2.28. The second-order valence-corrected chi connectivity index (χ2v) is 6.58. The summed E-state index contributed by atoms with van der Waals surface area (Å²) in [6.07, 6.45) is 4.23. The molecule has 0 aliphatic heterocycles. The van der Waals surface area contributed by atoms with Crippen molar-refractivity contribution in [2.24, 2.45) is 0 Å². The molecular weight excluding hydrogens is 306 g/mol. The molecule has 0 unspecified atom stereocenters. The summed E-state index contributed by atoms with van der Waals surface area (Å²) in [5.74, 6) is 0.802. The minimum atomic E-state index is -0.723. The zero-order valence-corrected chi connectivity index (χ0v) is 13.9. The molecule has 1 aliphatic rings. The monoisotopic (exact) mass is 329 g/mol. The second kappa shape index (κ2) is 7.13. The van der Waals surface area contributed by atoms with Gasteiger partial charge in [0.1, 0.15) is 0 Å². The normalized spacial score (nSPS) is 16.2. The lowest BCUT2D eigenvalue weighted by atomic mass is 10.0. The van der Waals surface area contributed by atoms with Crippen molar-refractivity contribution in [3.63, 3.8) is 0 Å². The molecule has 0 bridgehead atoms. The zero-order valence-electron chi connectivity index (χ0n) is 13.9. The van der Waals surface area contributed by atoms with Gasteiger partial charge in [0.05, 0.1) is 5.60 Å². The highest BCUT2D eigenvalue weighted by atomic mass is 16.4. The first-order valence-corrected chi connectivity index (χ1v) is 8.43. The number of hydrogen-bond acceptors (Lipinski definition) is 5. The van der Waals surface area contributed by atoms with Gasteiger partial charge in [-0.15, -0.1) is 10.2 Å². The third-order valence-corrected chi connectivity index (χ3v) is 4.48. The lowest BCUT2D eigenvalue weighted by Crippen LogP contribution is -2.40. The van der Waals surface area contributed by atoms with Crippen LogP contribution in [0.1, 0.15) is 43.6 Å². The van der Waals surface area contributed by atoms with Gasteiger partial charge in [-0.3, -0.25) is 4.79 Å². The molecule has 0 saturated heterocycles. The fraction of sp³-hybridized carbons (Fsp3) is 0.500. The van der Waals surface area contributed by atoms with Crippen LogP contribution in [0.3, 0.4) is 0 Å². The van der Waals surface area contributed by atoms with E-state index >= 15 is 0 Å². The van der Waals surface area contributed by atoms with Crippen LogP contribution in [0, 0.1) is 6.92 Å². The number of aromatic nitrogens is 2. The van der Waals surface area contributed by atoms with Crippen molar-refractivity contribution in [3.8, 4) is 11.5 Å². The second-order valence-electron chi connectivity index (χ2n) is 6.58. The molecule has 0 radical (unpaired) electrons. The van der Waals surface area contributed by atoms with Crippen molar-refractivity contribution in [1.82, 2.24) is 15.5 Å². The molecule has 1 heterocycles. The van der Waals surface area contributed by atoms with Gasteiger partial charge in [0.15, 0.2) is 0 Å². The quantitative estimate of drug-likeness (QED) is 0.849. The first-order valence-electron chi connectivity index (χ1n) is 8.43. The van der Waals surface area contributed by atoms with E-state index in [1.165, 1.54) is 5.56 Å². The van der Waals surface area contributed by atoms with Crippen LogP contribution in [-0.4, -0.2) is 33.4 Å². The number of hydrogen-bond donors (Lipinski definition) is 2. The predicted octanol–water partition coefficient (Wildman–Crippen LogP) is 2.40. The van der Waals surface area contributed by atoms with Crippen LogP contribution in [0.5, 0.6) is 0 Å². The van der Waals surface area contributed by atoms with Crippen LogP contribution < -0.4 is 5.32 Å². The number of aryl methyl sites for hydroxylation is 2. The first-order chi connectivity index (χ1) is 11.5. The fourth-order valence-electron chi connectivity index (χ4n) is 2.95. The lowest BCUT2D eigenvalue weighted by molar-refractivity contribution is -0.122. The van der Waals surface area contributed by atoms with Gasteiger partial charge in [-0.1, -0.05) is 30.5 Å². The van der Waals surface area contributed by atoms with E-state index in [1.54, 1.807) is 0 Å². The third kappa shape index (κ3) is 4.20. The molecule has 128 valence electrons. The average molecular weight is 329 g/mol. The number of nitrogens with one attached hydrogen (secondary N) is 1. The molecule has 2 N–H and O–H groups in total. The molecule has 1 aromatic heterocycles. The smallest absolute Gasteiger partial charge is 0.247 e. The average Bonchev–Trinajstić information content (AvgIpc) is 3.22. The topological polar surface area (TPSA) is 88.2 Å². The standard InChI is InChI=1S/C18H23N3O3/c1-13-4-6-14(7-5-13)17-21-20-16(24-17)9-8-15(22)19-12-18(23)10-2-3-11-18/h4-7,23H,2-3,8-12H2,1H3,(H,19,22). The van der Waals surface area contributed by atoms with Crippen molar-refractivity contribution in [2.75, 3.05) is 6.54 Å². The summed E-state index contributed by atoms with van der Waals surface area (Å²) in [7, 11) is 0. The maximum atomic E-state index is 11.9. The molecular formula is C18H23N3O3. The van der Waals surface area contributed by atoms with Gasteiger partial charge in [0.25, 0.3) is 0 Å². The van der Waals surface area contributed by atoms with Gasteiger partial charge in [-0.2, -0.15) is 0 Å². The Morgan fingerprint density at radius 2 is 1.96 bits per heavy atom. The summed E-state index contributed by atoms with van der Waals surface area (Å²) in [4.78, 5) is 11.9. The number of benzene rings is 1. The van der Waals surface area contributed by atoms with E-state index in [0.29, 0.717) is 24.7 Å². The minimum absolute atomic E-state index is 0.106. The number of carbonyl (C=O) groups is 1. The number of amides is 1. The fourth-order valence-corrected chi connectivity index (χ4v) is 2.95. The highest BCUT2D eigenvalue weighted by molar-refractivity contribution is 5.76. The van der Waals surface area contributed by atoms with Crippen LogP contribution in [0.25, 0.3) is 11.5 Å². The number of rotatable bonds is 6. The maximum Gasteiger partial charge on any atom is 0.247 e. The van der Waals surface area contributed by atoms with E-state index in [-0.39, 0.29) is 12.3 Å². The van der Waals surface area contributed by atoms with Crippen molar-refractivity contribution in [1.29, 1.82) is 0 Å².